The number of rotatable bonds is 4. The molecule has 1 radical (unpaired) electrons. The summed E-state index contributed by atoms with van der Waals surface area (Å²) < 4.78 is 5.22. The fourth-order valence-corrected chi connectivity index (χ4v) is 1.83. The summed E-state index contributed by atoms with van der Waals surface area (Å²) in [4.78, 5) is 22.6. The third-order valence-electron chi connectivity index (χ3n) is 2.67. The number of ether oxygens (including phenoxy) is 1. The van der Waals surface area contributed by atoms with E-state index in [0.717, 1.165) is 0 Å². The van der Waals surface area contributed by atoms with Gasteiger partial charge in [0.2, 0.25) is 6.29 Å². The molecule has 3 nitrogen and oxygen atoms in total. The molecule has 0 N–H and O–H groups in total. The van der Waals surface area contributed by atoms with Gasteiger partial charge in [-0.3, -0.25) is 9.59 Å². The van der Waals surface area contributed by atoms with Crippen LogP contribution in [-0.2, 0) is 14.3 Å². The van der Waals surface area contributed by atoms with E-state index in [2.05, 4.69) is 0 Å². The molecule has 2 aromatic rings. The normalized spacial score (nSPS) is 11.4. The third-order valence-corrected chi connectivity index (χ3v) is 2.67. The van der Waals surface area contributed by atoms with Crippen LogP contribution in [0.5, 0.6) is 0 Å². The first-order valence-corrected chi connectivity index (χ1v) is 6.14. The fraction of sp³-hybridized carbons (Fsp3) is 0.0588. The van der Waals surface area contributed by atoms with Gasteiger partial charge in [-0.05, 0) is 5.56 Å². The van der Waals surface area contributed by atoms with Crippen LogP contribution in [0.1, 0.15) is 18.1 Å². The Bertz CT molecular complexity index is 628. The van der Waals surface area contributed by atoms with Crippen molar-refractivity contribution in [2.24, 2.45) is 0 Å². The Labute approximate surface area is 117 Å². The molecule has 99 valence electrons. The minimum atomic E-state index is -0.479. The summed E-state index contributed by atoms with van der Waals surface area (Å²) in [5.74, 6) is -0.258. The largest absolute Gasteiger partial charge is 0.425 e. The zero-order valence-electron chi connectivity index (χ0n) is 11.0. The minimum absolute atomic E-state index is 0.222. The lowest BCUT2D eigenvalue weighted by molar-refractivity contribution is -0.134. The van der Waals surface area contributed by atoms with Crippen LogP contribution in [0, 0.1) is 0 Å². The number of benzene rings is 2. The molecule has 0 saturated heterocycles. The second-order valence-corrected chi connectivity index (χ2v) is 4.13. The van der Waals surface area contributed by atoms with Crippen molar-refractivity contribution in [3.8, 4) is 0 Å². The predicted octanol–water partition coefficient (Wildman–Crippen LogP) is 3.23. The van der Waals surface area contributed by atoms with Crippen LogP contribution in [-0.4, -0.2) is 12.3 Å². The first kappa shape index (κ1) is 13.7. The Morgan fingerprint density at radius 2 is 1.40 bits per heavy atom. The molecule has 0 aromatic heterocycles. The van der Waals surface area contributed by atoms with E-state index in [4.69, 9.17) is 4.74 Å². The molecule has 0 fully saturated rings. The number of esters is 1. The number of allylic oxidation sites excluding steroid dienone is 1. The van der Waals surface area contributed by atoms with Gasteiger partial charge in [-0.25, -0.2) is 0 Å². The van der Waals surface area contributed by atoms with Crippen molar-refractivity contribution in [3.05, 3.63) is 71.8 Å². The average Bonchev–Trinajstić information content (AvgIpc) is 2.49. The highest BCUT2D eigenvalue weighted by Crippen LogP contribution is 2.26. The van der Waals surface area contributed by atoms with Crippen LogP contribution in [0.25, 0.3) is 11.3 Å². The van der Waals surface area contributed by atoms with E-state index in [1.165, 1.54) is 6.92 Å². The van der Waals surface area contributed by atoms with Crippen LogP contribution in [0.3, 0.4) is 0 Å². The third kappa shape index (κ3) is 3.20. The molecule has 0 aliphatic carbocycles. The highest BCUT2D eigenvalue weighted by Gasteiger charge is 2.15. The van der Waals surface area contributed by atoms with Crippen LogP contribution in [0.2, 0.25) is 0 Å². The Kier molecular flexibility index (Phi) is 4.45. The molecule has 0 unspecified atom stereocenters. The highest BCUT2D eigenvalue weighted by molar-refractivity contribution is 6.17. The Morgan fingerprint density at radius 1 is 0.900 bits per heavy atom. The molecular weight excluding hydrogens is 252 g/mol. The Balaban J connectivity index is 2.61. The maximum absolute atomic E-state index is 11.3. The lowest BCUT2D eigenvalue weighted by Crippen LogP contribution is -2.02. The van der Waals surface area contributed by atoms with E-state index in [9.17, 15) is 9.59 Å². The zero-order chi connectivity index (χ0) is 14.4. The van der Waals surface area contributed by atoms with Gasteiger partial charge in [-0.1, -0.05) is 60.7 Å². The van der Waals surface area contributed by atoms with Gasteiger partial charge in [0.1, 0.15) is 5.76 Å². The van der Waals surface area contributed by atoms with E-state index < -0.39 is 5.97 Å². The van der Waals surface area contributed by atoms with Gasteiger partial charge >= 0.3 is 5.97 Å². The molecule has 0 spiro atoms. The van der Waals surface area contributed by atoms with Gasteiger partial charge in [0, 0.05) is 12.5 Å². The molecule has 0 aliphatic heterocycles. The number of hydrogen-bond donors (Lipinski definition) is 0. The molecule has 2 rings (SSSR count). The van der Waals surface area contributed by atoms with Crippen molar-refractivity contribution in [1.29, 1.82) is 0 Å². The highest BCUT2D eigenvalue weighted by atomic mass is 16.5. The fourth-order valence-electron chi connectivity index (χ4n) is 1.83. The maximum Gasteiger partial charge on any atom is 0.308 e. The molecule has 0 heterocycles. The van der Waals surface area contributed by atoms with Crippen LogP contribution >= 0.6 is 0 Å². The van der Waals surface area contributed by atoms with Crippen molar-refractivity contribution in [2.75, 3.05) is 0 Å². The van der Waals surface area contributed by atoms with Crippen molar-refractivity contribution in [1.82, 2.24) is 0 Å². The van der Waals surface area contributed by atoms with Crippen LogP contribution in [0.15, 0.2) is 60.7 Å². The van der Waals surface area contributed by atoms with Crippen LogP contribution in [0.4, 0.5) is 0 Å². The summed E-state index contributed by atoms with van der Waals surface area (Å²) in [6.07, 6.45) is 1.87. The molecule has 0 bridgehead atoms. The van der Waals surface area contributed by atoms with Gasteiger partial charge < -0.3 is 4.74 Å². The van der Waals surface area contributed by atoms with E-state index in [1.807, 2.05) is 42.7 Å². The van der Waals surface area contributed by atoms with Crippen molar-refractivity contribution < 1.29 is 14.3 Å². The van der Waals surface area contributed by atoms with Crippen LogP contribution < -0.4 is 0 Å². The maximum atomic E-state index is 11.3. The van der Waals surface area contributed by atoms with Crippen molar-refractivity contribution in [3.63, 3.8) is 0 Å². The smallest absolute Gasteiger partial charge is 0.308 e. The average molecular weight is 265 g/mol. The molecule has 3 heteroatoms. The SMILES string of the molecule is CC(=O)OC(=C([C]=O)c1ccccc1)c1ccccc1. The lowest BCUT2D eigenvalue weighted by Gasteiger charge is -2.11. The first-order valence-electron chi connectivity index (χ1n) is 6.14. The van der Waals surface area contributed by atoms with Gasteiger partial charge in [0.15, 0.2) is 0 Å². The van der Waals surface area contributed by atoms with Crippen molar-refractivity contribution >= 4 is 23.6 Å². The predicted molar refractivity (Wildman–Crippen MR) is 77.2 cm³/mol. The van der Waals surface area contributed by atoms with E-state index in [0.29, 0.717) is 11.1 Å². The molecular formula is C17H13O3. The Hall–Kier alpha value is -2.68. The first-order chi connectivity index (χ1) is 9.72. The number of hydrogen-bond acceptors (Lipinski definition) is 3. The molecule has 0 atom stereocenters. The minimum Gasteiger partial charge on any atom is -0.425 e. The van der Waals surface area contributed by atoms with Gasteiger partial charge in [0.05, 0.1) is 5.57 Å². The van der Waals surface area contributed by atoms with E-state index >= 15 is 0 Å². The summed E-state index contributed by atoms with van der Waals surface area (Å²) in [5, 5.41) is 0. The van der Waals surface area contributed by atoms with Gasteiger partial charge in [0.25, 0.3) is 0 Å². The van der Waals surface area contributed by atoms with E-state index in [1.54, 1.807) is 24.3 Å². The molecule has 0 amide bonds. The lowest BCUT2D eigenvalue weighted by atomic mass is 10.0. The summed E-state index contributed by atoms with van der Waals surface area (Å²) >= 11 is 0. The van der Waals surface area contributed by atoms with Gasteiger partial charge in [-0.2, -0.15) is 0 Å². The molecule has 0 aliphatic rings. The Morgan fingerprint density at radius 3 is 1.85 bits per heavy atom. The zero-order valence-corrected chi connectivity index (χ0v) is 11.0. The second-order valence-electron chi connectivity index (χ2n) is 4.13. The quantitative estimate of drug-likeness (QED) is 0.369. The molecule has 2 aromatic carbocycles. The summed E-state index contributed by atoms with van der Waals surface area (Å²) in [5.41, 5.74) is 1.54. The summed E-state index contributed by atoms with van der Waals surface area (Å²) in [6, 6.07) is 18.0. The van der Waals surface area contributed by atoms with Crippen molar-refractivity contribution in [2.45, 2.75) is 6.92 Å². The second kappa shape index (κ2) is 6.48. The number of carbonyl (C=O) groups is 1. The summed E-state index contributed by atoms with van der Waals surface area (Å²) in [7, 11) is 0. The standard InChI is InChI=1S/C17H13O3/c1-13(19)20-17(15-10-6-3-7-11-15)16(12-18)14-8-4-2-5-9-14/h2-11H,1H3. The molecule has 20 heavy (non-hydrogen) atoms. The number of carbonyl (C=O) groups excluding carboxylic acids is 2. The van der Waals surface area contributed by atoms with E-state index in [-0.39, 0.29) is 11.3 Å². The molecule has 0 saturated carbocycles. The monoisotopic (exact) mass is 265 g/mol. The van der Waals surface area contributed by atoms with Gasteiger partial charge in [-0.15, -0.1) is 0 Å². The topological polar surface area (TPSA) is 43.4 Å². The summed E-state index contributed by atoms with van der Waals surface area (Å²) in [6.45, 7) is 1.30.